The van der Waals surface area contributed by atoms with Gasteiger partial charge in [-0.3, -0.25) is 0 Å². The Bertz CT molecular complexity index is 515. The predicted molar refractivity (Wildman–Crippen MR) is 71.3 cm³/mol. The molecule has 1 aromatic carbocycles. The maximum Gasteiger partial charge on any atom is 0.198 e. The number of hydrogen-bond donors (Lipinski definition) is 2. The van der Waals surface area contributed by atoms with E-state index in [4.69, 9.17) is 0 Å². The van der Waals surface area contributed by atoms with Crippen LogP contribution in [0.25, 0.3) is 0 Å². The summed E-state index contributed by atoms with van der Waals surface area (Å²) in [5.41, 5.74) is 0.767. The van der Waals surface area contributed by atoms with Crippen molar-refractivity contribution in [2.45, 2.75) is 42.7 Å². The second-order valence-corrected chi connectivity index (χ2v) is 6.12. The number of amidine groups is 1. The first-order chi connectivity index (χ1) is 8.75. The largest absolute Gasteiger partial charge is 0.391 e. The van der Waals surface area contributed by atoms with E-state index in [1.165, 1.54) is 0 Å². The Kier molecular flexibility index (Phi) is 3.18. The minimum absolute atomic E-state index is 0.0178. The van der Waals surface area contributed by atoms with Crippen molar-refractivity contribution in [3.63, 3.8) is 0 Å². The summed E-state index contributed by atoms with van der Waals surface area (Å²) in [6.45, 7) is 0. The topological polar surface area (TPSA) is 61.7 Å². The number of aliphatic hydroxyl groups is 1. The van der Waals surface area contributed by atoms with Gasteiger partial charge in [-0.05, 0) is 25.0 Å². The molecule has 1 saturated carbocycles. The van der Waals surface area contributed by atoms with E-state index in [2.05, 4.69) is 10.3 Å². The first-order valence-corrected chi connectivity index (χ1v) is 7.45. The van der Waals surface area contributed by atoms with E-state index in [0.29, 0.717) is 5.17 Å². The molecule has 4 nitrogen and oxygen atoms in total. The van der Waals surface area contributed by atoms with Crippen molar-refractivity contribution in [3.05, 3.63) is 24.3 Å². The van der Waals surface area contributed by atoms with Gasteiger partial charge in [0.1, 0.15) is 10.8 Å². The molecule has 3 atom stereocenters. The summed E-state index contributed by atoms with van der Waals surface area (Å²) >= 11 is 0. The molecule has 1 aromatic rings. The lowest BCUT2D eigenvalue weighted by Gasteiger charge is -2.28. The van der Waals surface area contributed by atoms with Gasteiger partial charge in [0.15, 0.2) is 5.17 Å². The summed E-state index contributed by atoms with van der Waals surface area (Å²) in [6.07, 6.45) is 3.52. The molecule has 96 valence electrons. The van der Waals surface area contributed by atoms with Crippen LogP contribution in [0.1, 0.15) is 25.7 Å². The van der Waals surface area contributed by atoms with Crippen LogP contribution in [-0.2, 0) is 10.8 Å². The van der Waals surface area contributed by atoms with Crippen LogP contribution in [-0.4, -0.2) is 26.6 Å². The monoisotopic (exact) mass is 264 g/mol. The van der Waals surface area contributed by atoms with Crippen LogP contribution in [0.2, 0.25) is 0 Å². The van der Waals surface area contributed by atoms with E-state index in [1.54, 1.807) is 0 Å². The van der Waals surface area contributed by atoms with E-state index >= 15 is 0 Å². The molecule has 1 heterocycles. The quantitative estimate of drug-likeness (QED) is 0.811. The van der Waals surface area contributed by atoms with Crippen molar-refractivity contribution < 1.29 is 9.32 Å². The van der Waals surface area contributed by atoms with Crippen LogP contribution in [0, 0.1) is 0 Å². The Morgan fingerprint density at radius 2 is 2.06 bits per heavy atom. The van der Waals surface area contributed by atoms with Crippen LogP contribution in [0.3, 0.4) is 0 Å². The first-order valence-electron chi connectivity index (χ1n) is 6.30. The molecule has 3 rings (SSSR count). The van der Waals surface area contributed by atoms with Gasteiger partial charge in [0.25, 0.3) is 0 Å². The Hall–Kier alpha value is -1.20. The van der Waals surface area contributed by atoms with Crippen molar-refractivity contribution in [1.82, 2.24) is 5.32 Å². The molecule has 1 unspecified atom stereocenters. The fraction of sp³-hybridized carbons (Fsp3) is 0.462. The molecule has 2 N–H and O–H groups in total. The van der Waals surface area contributed by atoms with E-state index in [0.717, 1.165) is 36.3 Å². The summed E-state index contributed by atoms with van der Waals surface area (Å²) in [4.78, 5) is 5.11. The lowest BCUT2D eigenvalue weighted by Crippen LogP contribution is -2.45. The van der Waals surface area contributed by atoms with Crippen molar-refractivity contribution in [2.24, 2.45) is 4.99 Å². The molecule has 0 radical (unpaired) electrons. The van der Waals surface area contributed by atoms with E-state index in [1.807, 2.05) is 24.3 Å². The Labute approximate surface area is 109 Å². The highest BCUT2D eigenvalue weighted by molar-refractivity contribution is 8.01. The van der Waals surface area contributed by atoms with Gasteiger partial charge < -0.3 is 10.4 Å². The molecule has 18 heavy (non-hydrogen) atoms. The molecule has 0 amide bonds. The smallest absolute Gasteiger partial charge is 0.198 e. The number of hydrogen-bond acceptors (Lipinski definition) is 4. The van der Waals surface area contributed by atoms with Crippen LogP contribution < -0.4 is 5.32 Å². The molecule has 0 saturated heterocycles. The minimum atomic E-state index is -1.22. The number of aliphatic imine (C=N–C) groups is 1. The van der Waals surface area contributed by atoms with Gasteiger partial charge in [0.2, 0.25) is 0 Å². The summed E-state index contributed by atoms with van der Waals surface area (Å²) < 4.78 is 12.2. The summed E-state index contributed by atoms with van der Waals surface area (Å²) in [7, 11) is -1.22. The van der Waals surface area contributed by atoms with Crippen molar-refractivity contribution in [2.75, 3.05) is 0 Å². The van der Waals surface area contributed by atoms with Crippen molar-refractivity contribution >= 4 is 21.7 Å². The van der Waals surface area contributed by atoms with E-state index < -0.39 is 10.8 Å². The third-order valence-corrected chi connectivity index (χ3v) is 4.81. The molecule has 0 aromatic heterocycles. The number of fused-ring (bicyclic) bond motifs is 1. The second kappa shape index (κ2) is 4.82. The maximum atomic E-state index is 12.2. The number of nitrogens with zero attached hydrogens (tertiary/aromatic N) is 1. The van der Waals surface area contributed by atoms with Gasteiger partial charge >= 0.3 is 0 Å². The number of aliphatic hydroxyl groups excluding tert-OH is 1. The van der Waals surface area contributed by atoms with Gasteiger partial charge in [0.05, 0.1) is 22.7 Å². The Morgan fingerprint density at radius 1 is 1.28 bits per heavy atom. The summed E-state index contributed by atoms with van der Waals surface area (Å²) in [5.74, 6) is 0. The zero-order valence-corrected chi connectivity index (χ0v) is 10.8. The second-order valence-electron chi connectivity index (χ2n) is 4.76. The predicted octanol–water partition coefficient (Wildman–Crippen LogP) is 1.69. The molecule has 0 spiro atoms. The third kappa shape index (κ3) is 2.08. The highest BCUT2D eigenvalue weighted by Crippen LogP contribution is 2.29. The van der Waals surface area contributed by atoms with Gasteiger partial charge in [-0.15, -0.1) is 0 Å². The van der Waals surface area contributed by atoms with Gasteiger partial charge in [-0.1, -0.05) is 25.0 Å². The number of para-hydroxylation sites is 1. The molecule has 2 aliphatic rings. The summed E-state index contributed by atoms with van der Waals surface area (Å²) in [6, 6.07) is 7.43. The van der Waals surface area contributed by atoms with Gasteiger partial charge in [-0.2, -0.15) is 0 Å². The Balaban J connectivity index is 1.77. The van der Waals surface area contributed by atoms with Crippen LogP contribution >= 0.6 is 0 Å². The highest BCUT2D eigenvalue weighted by Gasteiger charge is 2.29. The van der Waals surface area contributed by atoms with Gasteiger partial charge in [-0.25, -0.2) is 9.20 Å². The SMILES string of the molecule is O=S1C(N[C@@H]2CCCC[C@H]2O)=Nc2ccccc21. The number of benzene rings is 1. The average Bonchev–Trinajstić information content (AvgIpc) is 2.70. The highest BCUT2D eigenvalue weighted by atomic mass is 32.2. The zero-order chi connectivity index (χ0) is 12.5. The lowest BCUT2D eigenvalue weighted by atomic mass is 9.93. The molecular weight excluding hydrogens is 248 g/mol. The minimum Gasteiger partial charge on any atom is -0.391 e. The lowest BCUT2D eigenvalue weighted by molar-refractivity contribution is 0.100. The van der Waals surface area contributed by atoms with Crippen LogP contribution in [0.5, 0.6) is 0 Å². The third-order valence-electron chi connectivity index (χ3n) is 3.50. The molecule has 5 heteroatoms. The van der Waals surface area contributed by atoms with Crippen LogP contribution in [0.15, 0.2) is 34.2 Å². The molecular formula is C13H16N2O2S. The summed E-state index contributed by atoms with van der Waals surface area (Å²) in [5, 5.41) is 13.6. The number of nitrogens with one attached hydrogen (secondary N) is 1. The fourth-order valence-corrected chi connectivity index (χ4v) is 3.64. The van der Waals surface area contributed by atoms with E-state index in [-0.39, 0.29) is 12.1 Å². The Morgan fingerprint density at radius 3 is 2.83 bits per heavy atom. The van der Waals surface area contributed by atoms with Crippen LogP contribution in [0.4, 0.5) is 5.69 Å². The van der Waals surface area contributed by atoms with Crippen molar-refractivity contribution in [3.8, 4) is 0 Å². The maximum absolute atomic E-state index is 12.2. The average molecular weight is 264 g/mol. The fourth-order valence-electron chi connectivity index (χ4n) is 2.49. The van der Waals surface area contributed by atoms with Gasteiger partial charge in [0, 0.05) is 0 Å². The molecule has 1 aliphatic heterocycles. The molecule has 0 bridgehead atoms. The van der Waals surface area contributed by atoms with Crippen molar-refractivity contribution in [1.29, 1.82) is 0 Å². The zero-order valence-electron chi connectivity index (χ0n) is 10.0. The molecule has 1 fully saturated rings. The number of rotatable bonds is 1. The standard InChI is InChI=1S/C13H16N2O2S/c16-11-7-3-1-5-9(11)14-13-15-10-6-2-4-8-12(10)18(13)17/h2,4,6,8-9,11,16H,1,3,5,7H2,(H,14,15)/t9-,11-,18?/m1/s1. The first kappa shape index (κ1) is 11.9. The molecule has 1 aliphatic carbocycles. The normalized spacial score (nSPS) is 30.7. The van der Waals surface area contributed by atoms with E-state index in [9.17, 15) is 9.32 Å².